The van der Waals surface area contributed by atoms with Crippen molar-refractivity contribution < 1.29 is 17.9 Å². The third kappa shape index (κ3) is 6.30. The Bertz CT molecular complexity index is 1410. The van der Waals surface area contributed by atoms with E-state index < -0.39 is 16.1 Å². The zero-order chi connectivity index (χ0) is 27.5. The number of hydrogen-bond donors (Lipinski definition) is 1. The van der Waals surface area contributed by atoms with Crippen molar-refractivity contribution in [1.82, 2.24) is 10.2 Å². The molecule has 1 spiro atoms. The predicted molar refractivity (Wildman–Crippen MR) is 154 cm³/mol. The number of anilines is 1. The second-order valence-corrected chi connectivity index (χ2v) is 12.8. The first-order chi connectivity index (χ1) is 18.7. The molecule has 1 saturated heterocycles. The molecule has 9 heteroatoms. The van der Waals surface area contributed by atoms with Gasteiger partial charge in [0.25, 0.3) is 0 Å². The van der Waals surface area contributed by atoms with Crippen molar-refractivity contribution in [3.63, 3.8) is 0 Å². The summed E-state index contributed by atoms with van der Waals surface area (Å²) in [5, 5.41) is 4.05. The molecule has 0 unspecified atom stereocenters. The second-order valence-electron chi connectivity index (χ2n) is 10.5. The molecule has 2 heterocycles. The molecule has 0 bridgehead atoms. The number of carbonyl (C=O) groups excluding carboxylic acids is 1. The van der Waals surface area contributed by atoms with Gasteiger partial charge in [0.2, 0.25) is 15.9 Å². The predicted octanol–water partition coefficient (Wildman–Crippen LogP) is 4.36. The number of hydrogen-bond acceptors (Lipinski definition) is 5. The van der Waals surface area contributed by atoms with Crippen molar-refractivity contribution in [3.05, 3.63) is 101 Å². The molecule has 3 aromatic carbocycles. The van der Waals surface area contributed by atoms with Gasteiger partial charge in [-0.15, -0.1) is 0 Å². The number of sulfonamides is 1. The Hall–Kier alpha value is -2.91. The Morgan fingerprint density at radius 2 is 1.69 bits per heavy atom. The second kappa shape index (κ2) is 11.7. The minimum Gasteiger partial charge on any atom is -0.375 e. The molecule has 0 aromatic heterocycles. The number of rotatable bonds is 9. The van der Waals surface area contributed by atoms with Gasteiger partial charge in [-0.2, -0.15) is 0 Å². The summed E-state index contributed by atoms with van der Waals surface area (Å²) in [5.41, 5.74) is 3.58. The highest BCUT2D eigenvalue weighted by Gasteiger charge is 2.47. The van der Waals surface area contributed by atoms with Crippen molar-refractivity contribution in [2.75, 3.05) is 36.8 Å². The minimum absolute atomic E-state index is 0.00173. The van der Waals surface area contributed by atoms with Crippen LogP contribution in [0.1, 0.15) is 29.5 Å². The first-order valence-electron chi connectivity index (χ1n) is 13.2. The Morgan fingerprint density at radius 1 is 1.00 bits per heavy atom. The van der Waals surface area contributed by atoms with Crippen LogP contribution in [0.3, 0.4) is 0 Å². The lowest BCUT2D eigenvalue weighted by Crippen LogP contribution is -2.54. The number of carbonyl (C=O) groups is 1. The Kier molecular flexibility index (Phi) is 8.28. The molecule has 5 rings (SSSR count). The van der Waals surface area contributed by atoms with Crippen molar-refractivity contribution >= 4 is 33.2 Å². The number of halogens is 1. The highest BCUT2D eigenvalue weighted by Crippen LogP contribution is 2.47. The Labute approximate surface area is 235 Å². The first-order valence-corrected chi connectivity index (χ1v) is 15.4. The largest absolute Gasteiger partial charge is 0.375 e. The van der Waals surface area contributed by atoms with E-state index in [9.17, 15) is 13.2 Å². The molecule has 3 aromatic rings. The van der Waals surface area contributed by atoms with E-state index >= 15 is 0 Å². The fraction of sp³-hybridized carbons (Fsp3) is 0.367. The molecule has 2 aliphatic heterocycles. The molecule has 1 N–H and O–H groups in total. The van der Waals surface area contributed by atoms with E-state index in [-0.39, 0.29) is 17.9 Å². The summed E-state index contributed by atoms with van der Waals surface area (Å²) < 4.78 is 32.6. The van der Waals surface area contributed by atoms with Gasteiger partial charge in [0.15, 0.2) is 0 Å². The summed E-state index contributed by atoms with van der Waals surface area (Å²) in [5.74, 6) is -0.00173. The van der Waals surface area contributed by atoms with Crippen molar-refractivity contribution in [2.45, 2.75) is 37.5 Å². The van der Waals surface area contributed by atoms with E-state index in [1.807, 2.05) is 83.8 Å². The normalized spacial score (nSPS) is 17.3. The third-order valence-corrected chi connectivity index (χ3v) is 9.12. The maximum Gasteiger partial charge on any atom is 0.242 e. The average molecular weight is 568 g/mol. The van der Waals surface area contributed by atoms with E-state index in [1.54, 1.807) is 0 Å². The number of benzene rings is 3. The molecule has 7 nitrogen and oxygen atoms in total. The van der Waals surface area contributed by atoms with Crippen LogP contribution >= 0.6 is 11.6 Å². The van der Waals surface area contributed by atoms with Gasteiger partial charge in [-0.05, 0) is 47.7 Å². The summed E-state index contributed by atoms with van der Waals surface area (Å²) in [6, 6.07) is 24.7. The Morgan fingerprint density at radius 3 is 2.41 bits per heavy atom. The van der Waals surface area contributed by atoms with E-state index in [0.717, 1.165) is 22.4 Å². The Balaban J connectivity index is 1.27. The van der Waals surface area contributed by atoms with Crippen LogP contribution in [0.2, 0.25) is 5.02 Å². The summed E-state index contributed by atoms with van der Waals surface area (Å²) in [7, 11) is -3.39. The summed E-state index contributed by atoms with van der Waals surface area (Å²) >= 11 is 6.11. The number of piperidine rings is 1. The molecule has 1 fully saturated rings. The number of para-hydroxylation sites is 1. The molecule has 1 atom stereocenters. The van der Waals surface area contributed by atoms with Gasteiger partial charge in [0.05, 0.1) is 25.2 Å². The SMILES string of the molecule is CS(=O)(=O)N1CC2(CCN(C(=O)[C@H](COCc3cccc(Cl)c3)NCc3ccccc3)CC2)c2ccccc21. The number of nitrogens with zero attached hydrogens (tertiary/aromatic N) is 2. The lowest BCUT2D eigenvalue weighted by Gasteiger charge is -2.41. The van der Waals surface area contributed by atoms with Crippen LogP contribution < -0.4 is 9.62 Å². The summed E-state index contributed by atoms with van der Waals surface area (Å²) in [6.45, 7) is 2.67. The molecular formula is C30H34ClN3O4S. The van der Waals surface area contributed by atoms with E-state index in [4.69, 9.17) is 16.3 Å². The van der Waals surface area contributed by atoms with Gasteiger partial charge in [-0.25, -0.2) is 8.42 Å². The number of likely N-dealkylation sites (tertiary alicyclic amines) is 1. The van der Waals surface area contributed by atoms with Crippen molar-refractivity contribution in [3.8, 4) is 0 Å². The van der Waals surface area contributed by atoms with Crippen LogP contribution in [0.25, 0.3) is 0 Å². The van der Waals surface area contributed by atoms with Crippen LogP contribution in [-0.2, 0) is 38.1 Å². The van der Waals surface area contributed by atoms with Gasteiger partial charge in [-0.3, -0.25) is 14.4 Å². The monoisotopic (exact) mass is 567 g/mol. The third-order valence-electron chi connectivity index (χ3n) is 7.76. The summed E-state index contributed by atoms with van der Waals surface area (Å²) in [4.78, 5) is 15.6. The van der Waals surface area contributed by atoms with Crippen LogP contribution in [0.4, 0.5) is 5.69 Å². The smallest absolute Gasteiger partial charge is 0.242 e. The highest BCUT2D eigenvalue weighted by molar-refractivity contribution is 7.92. The van der Waals surface area contributed by atoms with Crippen LogP contribution in [0, 0.1) is 0 Å². The standard InChI is InChI=1S/C30H34ClN3O4S/c1-39(36,37)34-22-30(26-12-5-6-13-28(26)34)14-16-33(17-15-30)29(35)27(32-19-23-8-3-2-4-9-23)21-38-20-24-10-7-11-25(31)18-24/h2-13,18,27,32H,14-17,19-22H2,1H3/t27-/m0/s1. The quantitative estimate of drug-likeness (QED) is 0.416. The average Bonchev–Trinajstić information content (AvgIpc) is 3.26. The minimum atomic E-state index is -3.39. The zero-order valence-corrected chi connectivity index (χ0v) is 23.6. The van der Waals surface area contributed by atoms with Crippen molar-refractivity contribution in [2.24, 2.45) is 0 Å². The zero-order valence-electron chi connectivity index (χ0n) is 22.1. The maximum atomic E-state index is 13.7. The first kappa shape index (κ1) is 27.6. The van der Waals surface area contributed by atoms with Crippen molar-refractivity contribution in [1.29, 1.82) is 0 Å². The van der Waals surface area contributed by atoms with Crippen LogP contribution in [0.15, 0.2) is 78.9 Å². The number of fused-ring (bicyclic) bond motifs is 2. The fourth-order valence-electron chi connectivity index (χ4n) is 5.66. The topological polar surface area (TPSA) is 79.0 Å². The molecular weight excluding hydrogens is 534 g/mol. The van der Waals surface area contributed by atoms with Gasteiger partial charge in [0, 0.05) is 36.6 Å². The molecule has 0 saturated carbocycles. The van der Waals surface area contributed by atoms with E-state index in [1.165, 1.54) is 10.6 Å². The van der Waals surface area contributed by atoms with Crippen LogP contribution in [-0.4, -0.2) is 57.8 Å². The van der Waals surface area contributed by atoms with E-state index in [2.05, 4.69) is 5.32 Å². The molecule has 0 radical (unpaired) electrons. The number of ether oxygens (including phenoxy) is 1. The maximum absolute atomic E-state index is 13.7. The van der Waals surface area contributed by atoms with Gasteiger partial charge in [0.1, 0.15) is 6.04 Å². The fourth-order valence-corrected chi connectivity index (χ4v) is 6.87. The molecule has 2 aliphatic rings. The highest BCUT2D eigenvalue weighted by atomic mass is 35.5. The summed E-state index contributed by atoms with van der Waals surface area (Å²) in [6.07, 6.45) is 2.67. The van der Waals surface area contributed by atoms with E-state index in [0.29, 0.717) is 50.7 Å². The van der Waals surface area contributed by atoms with Gasteiger partial charge < -0.3 is 9.64 Å². The van der Waals surface area contributed by atoms with Gasteiger partial charge in [-0.1, -0.05) is 72.3 Å². The number of amides is 1. The molecule has 39 heavy (non-hydrogen) atoms. The van der Waals surface area contributed by atoms with Crippen LogP contribution in [0.5, 0.6) is 0 Å². The number of nitrogens with one attached hydrogen (secondary N) is 1. The lowest BCUT2D eigenvalue weighted by molar-refractivity contribution is -0.136. The lowest BCUT2D eigenvalue weighted by atomic mass is 9.74. The molecule has 0 aliphatic carbocycles. The van der Waals surface area contributed by atoms with Gasteiger partial charge >= 0.3 is 0 Å². The molecule has 206 valence electrons. The molecule has 1 amide bonds.